The second kappa shape index (κ2) is 4.72. The molecule has 0 saturated heterocycles. The van der Waals surface area contributed by atoms with E-state index in [2.05, 4.69) is 22.4 Å². The first-order chi connectivity index (χ1) is 9.24. The van der Waals surface area contributed by atoms with Crippen LogP contribution in [0.3, 0.4) is 0 Å². The number of nitrogens with one attached hydrogen (secondary N) is 1. The number of nitrogens with zero attached hydrogens (tertiary/aromatic N) is 1. The van der Waals surface area contributed by atoms with Crippen molar-refractivity contribution in [3.05, 3.63) is 59.8 Å². The largest absolute Gasteiger partial charge is 0.477 e. The molecule has 0 spiro atoms. The smallest absolute Gasteiger partial charge is 0.354 e. The molecule has 1 aromatic heterocycles. The molecule has 2 unspecified atom stereocenters. The number of anilines is 1. The minimum atomic E-state index is -1.00. The van der Waals surface area contributed by atoms with Crippen molar-refractivity contribution in [3.8, 4) is 0 Å². The first-order valence-corrected chi connectivity index (χ1v) is 6.26. The number of carboxylic acid groups (broad SMARTS) is 1. The maximum Gasteiger partial charge on any atom is 0.354 e. The van der Waals surface area contributed by atoms with Gasteiger partial charge in [-0.2, -0.15) is 0 Å². The van der Waals surface area contributed by atoms with E-state index in [1.54, 1.807) is 12.1 Å². The van der Waals surface area contributed by atoms with Gasteiger partial charge >= 0.3 is 5.97 Å². The van der Waals surface area contributed by atoms with Crippen LogP contribution < -0.4 is 5.32 Å². The Morgan fingerprint density at radius 1 is 1.16 bits per heavy atom. The summed E-state index contributed by atoms with van der Waals surface area (Å²) in [4.78, 5) is 14.9. The van der Waals surface area contributed by atoms with Gasteiger partial charge in [-0.1, -0.05) is 36.4 Å². The highest BCUT2D eigenvalue weighted by Gasteiger charge is 2.38. The predicted molar refractivity (Wildman–Crippen MR) is 72.4 cm³/mol. The Kier molecular flexibility index (Phi) is 2.91. The summed E-state index contributed by atoms with van der Waals surface area (Å²) in [5, 5.41) is 12.2. The van der Waals surface area contributed by atoms with E-state index in [4.69, 9.17) is 5.11 Å². The molecule has 2 N–H and O–H groups in total. The van der Waals surface area contributed by atoms with E-state index in [1.165, 1.54) is 11.6 Å². The molecule has 0 radical (unpaired) electrons. The van der Waals surface area contributed by atoms with E-state index < -0.39 is 5.97 Å². The van der Waals surface area contributed by atoms with E-state index in [1.807, 2.05) is 18.2 Å². The molecule has 1 aromatic carbocycles. The van der Waals surface area contributed by atoms with E-state index in [0.29, 0.717) is 17.8 Å². The first kappa shape index (κ1) is 11.7. The molecule has 19 heavy (non-hydrogen) atoms. The molecule has 96 valence electrons. The molecule has 3 rings (SSSR count). The summed E-state index contributed by atoms with van der Waals surface area (Å²) in [7, 11) is 0. The van der Waals surface area contributed by atoms with Crippen LogP contribution in [0.2, 0.25) is 0 Å². The van der Waals surface area contributed by atoms with Crippen molar-refractivity contribution in [2.75, 3.05) is 5.32 Å². The Morgan fingerprint density at radius 2 is 1.95 bits per heavy atom. The van der Waals surface area contributed by atoms with Crippen molar-refractivity contribution < 1.29 is 9.90 Å². The van der Waals surface area contributed by atoms with Gasteiger partial charge in [0.2, 0.25) is 0 Å². The highest BCUT2D eigenvalue weighted by molar-refractivity contribution is 5.85. The quantitative estimate of drug-likeness (QED) is 0.880. The number of benzene rings is 1. The topological polar surface area (TPSA) is 62.2 Å². The Morgan fingerprint density at radius 3 is 2.68 bits per heavy atom. The molecule has 1 saturated carbocycles. The van der Waals surface area contributed by atoms with E-state index in [0.717, 1.165) is 6.42 Å². The van der Waals surface area contributed by atoms with Gasteiger partial charge in [0.15, 0.2) is 5.69 Å². The molecule has 0 aliphatic heterocycles. The van der Waals surface area contributed by atoms with Gasteiger partial charge in [-0.3, -0.25) is 0 Å². The summed E-state index contributed by atoms with van der Waals surface area (Å²) >= 11 is 0. The van der Waals surface area contributed by atoms with Gasteiger partial charge in [-0.25, -0.2) is 9.78 Å². The fourth-order valence-corrected chi connectivity index (χ4v) is 2.25. The third kappa shape index (κ3) is 2.57. The zero-order valence-corrected chi connectivity index (χ0v) is 10.3. The standard InChI is InChI=1S/C15H14N2O2/c18-15(19)12-7-4-8-14(16-12)17-13-9-11(13)10-5-2-1-3-6-10/h1-8,11,13H,9H2,(H,16,17)(H,18,19). The van der Waals surface area contributed by atoms with Crippen LogP contribution in [0.25, 0.3) is 0 Å². The van der Waals surface area contributed by atoms with Crippen molar-refractivity contribution >= 4 is 11.8 Å². The monoisotopic (exact) mass is 254 g/mol. The molecule has 1 aliphatic rings. The number of rotatable bonds is 4. The number of aromatic carboxylic acids is 1. The number of carbonyl (C=O) groups is 1. The van der Waals surface area contributed by atoms with Crippen LogP contribution in [0.15, 0.2) is 48.5 Å². The van der Waals surface area contributed by atoms with Gasteiger partial charge < -0.3 is 10.4 Å². The first-order valence-electron chi connectivity index (χ1n) is 6.26. The summed E-state index contributed by atoms with van der Waals surface area (Å²) < 4.78 is 0. The normalized spacial score (nSPS) is 20.8. The van der Waals surface area contributed by atoms with Crippen LogP contribution >= 0.6 is 0 Å². The van der Waals surface area contributed by atoms with Crippen LogP contribution in [0, 0.1) is 0 Å². The molecule has 4 nitrogen and oxygen atoms in total. The molecular weight excluding hydrogens is 240 g/mol. The summed E-state index contributed by atoms with van der Waals surface area (Å²) in [6, 6.07) is 15.7. The second-order valence-corrected chi connectivity index (χ2v) is 4.72. The van der Waals surface area contributed by atoms with Crippen molar-refractivity contribution in [1.82, 2.24) is 4.98 Å². The highest BCUT2D eigenvalue weighted by Crippen LogP contribution is 2.42. The third-order valence-electron chi connectivity index (χ3n) is 3.32. The van der Waals surface area contributed by atoms with Crippen LogP contribution in [0.1, 0.15) is 28.4 Å². The van der Waals surface area contributed by atoms with E-state index in [9.17, 15) is 4.79 Å². The van der Waals surface area contributed by atoms with Gasteiger partial charge in [0.05, 0.1) is 0 Å². The summed E-state index contributed by atoms with van der Waals surface area (Å²) in [5.41, 5.74) is 1.39. The number of hydrogen-bond donors (Lipinski definition) is 2. The van der Waals surface area contributed by atoms with Crippen molar-refractivity contribution in [2.24, 2.45) is 0 Å². The van der Waals surface area contributed by atoms with Crippen molar-refractivity contribution in [3.63, 3.8) is 0 Å². The van der Waals surface area contributed by atoms with Gasteiger partial charge in [0.1, 0.15) is 5.82 Å². The average Bonchev–Trinajstić information content (AvgIpc) is 3.19. The second-order valence-electron chi connectivity index (χ2n) is 4.72. The zero-order chi connectivity index (χ0) is 13.2. The van der Waals surface area contributed by atoms with Crippen LogP contribution in [0.4, 0.5) is 5.82 Å². The lowest BCUT2D eigenvalue weighted by atomic mass is 10.1. The lowest BCUT2D eigenvalue weighted by molar-refractivity contribution is 0.0690. The molecular formula is C15H14N2O2. The van der Waals surface area contributed by atoms with Crippen LogP contribution in [-0.4, -0.2) is 22.1 Å². The van der Waals surface area contributed by atoms with E-state index in [-0.39, 0.29) is 5.69 Å². The van der Waals surface area contributed by atoms with Gasteiger partial charge in [-0.15, -0.1) is 0 Å². The fraction of sp³-hybridized carbons (Fsp3) is 0.200. The van der Waals surface area contributed by atoms with E-state index >= 15 is 0 Å². The van der Waals surface area contributed by atoms with Gasteiger partial charge in [0.25, 0.3) is 0 Å². The molecule has 0 amide bonds. The van der Waals surface area contributed by atoms with Crippen LogP contribution in [-0.2, 0) is 0 Å². The Balaban J connectivity index is 1.68. The highest BCUT2D eigenvalue weighted by atomic mass is 16.4. The molecule has 2 aromatic rings. The maximum atomic E-state index is 10.9. The number of pyridine rings is 1. The lowest BCUT2D eigenvalue weighted by Gasteiger charge is -2.05. The van der Waals surface area contributed by atoms with Crippen LogP contribution in [0.5, 0.6) is 0 Å². The number of hydrogen-bond acceptors (Lipinski definition) is 3. The lowest BCUT2D eigenvalue weighted by Crippen LogP contribution is -2.08. The average molecular weight is 254 g/mol. The van der Waals surface area contributed by atoms with Crippen molar-refractivity contribution in [1.29, 1.82) is 0 Å². The van der Waals surface area contributed by atoms with Crippen molar-refractivity contribution in [2.45, 2.75) is 18.4 Å². The fourth-order valence-electron chi connectivity index (χ4n) is 2.25. The minimum Gasteiger partial charge on any atom is -0.477 e. The maximum absolute atomic E-state index is 10.9. The molecule has 1 fully saturated rings. The molecule has 1 aliphatic carbocycles. The molecule has 4 heteroatoms. The molecule has 2 atom stereocenters. The predicted octanol–water partition coefficient (Wildman–Crippen LogP) is 2.75. The summed E-state index contributed by atoms with van der Waals surface area (Å²) in [6.07, 6.45) is 1.06. The Labute approximate surface area is 111 Å². The van der Waals surface area contributed by atoms with Gasteiger partial charge in [0, 0.05) is 12.0 Å². The molecule has 0 bridgehead atoms. The summed E-state index contributed by atoms with van der Waals surface area (Å²) in [6.45, 7) is 0. The SMILES string of the molecule is O=C(O)c1cccc(NC2CC2c2ccccc2)n1. The molecule has 1 heterocycles. The number of aromatic nitrogens is 1. The minimum absolute atomic E-state index is 0.0712. The third-order valence-corrected chi connectivity index (χ3v) is 3.32. The zero-order valence-electron chi connectivity index (χ0n) is 10.3. The number of carboxylic acids is 1. The Hall–Kier alpha value is -2.36. The Bertz CT molecular complexity index is 598. The van der Waals surface area contributed by atoms with Gasteiger partial charge in [-0.05, 0) is 24.1 Å². The summed E-state index contributed by atoms with van der Waals surface area (Å²) in [5.74, 6) is 0.124.